The van der Waals surface area contributed by atoms with Crippen molar-refractivity contribution in [3.63, 3.8) is 0 Å². The first-order valence-electron chi connectivity index (χ1n) is 4.43. The summed E-state index contributed by atoms with van der Waals surface area (Å²) in [6.07, 6.45) is 5.86. The molecule has 72 valence electrons. The van der Waals surface area contributed by atoms with E-state index in [0.29, 0.717) is 11.8 Å². The van der Waals surface area contributed by atoms with Gasteiger partial charge in [0, 0.05) is 5.56 Å². The van der Waals surface area contributed by atoms with E-state index in [9.17, 15) is 15.0 Å². The molecule has 2 rings (SSSR count). The van der Waals surface area contributed by atoms with E-state index in [0.717, 1.165) is 18.4 Å². The van der Waals surface area contributed by atoms with Crippen molar-refractivity contribution in [2.75, 3.05) is 0 Å². The van der Waals surface area contributed by atoms with Crippen LogP contribution in [0.4, 0.5) is 0 Å². The number of phenols is 2. The van der Waals surface area contributed by atoms with Crippen LogP contribution in [0, 0.1) is 0 Å². The summed E-state index contributed by atoms with van der Waals surface area (Å²) in [4.78, 5) is 10.6. The van der Waals surface area contributed by atoms with E-state index in [1.54, 1.807) is 12.1 Å². The Hall–Kier alpha value is -1.77. The van der Waals surface area contributed by atoms with Gasteiger partial charge in [0.25, 0.3) is 0 Å². The highest BCUT2D eigenvalue weighted by Gasteiger charge is 2.16. The molecule has 0 radical (unpaired) electrons. The maximum absolute atomic E-state index is 10.6. The molecule has 3 nitrogen and oxygen atoms in total. The van der Waals surface area contributed by atoms with Crippen LogP contribution < -0.4 is 0 Å². The fraction of sp³-hybridized carbons (Fsp3) is 0.182. The summed E-state index contributed by atoms with van der Waals surface area (Å²) in [6, 6.07) is 1.54. The Kier molecular flexibility index (Phi) is 2.00. The molecule has 14 heavy (non-hydrogen) atoms. The number of aldehydes is 1. The van der Waals surface area contributed by atoms with E-state index in [-0.39, 0.29) is 17.1 Å². The van der Waals surface area contributed by atoms with Crippen LogP contribution in [0.1, 0.15) is 27.9 Å². The van der Waals surface area contributed by atoms with Crippen molar-refractivity contribution >= 4 is 12.4 Å². The highest BCUT2D eigenvalue weighted by Crippen LogP contribution is 2.35. The van der Waals surface area contributed by atoms with Crippen LogP contribution in [0.25, 0.3) is 6.08 Å². The van der Waals surface area contributed by atoms with Crippen LogP contribution in [0.5, 0.6) is 11.5 Å². The molecule has 0 saturated carbocycles. The Morgan fingerprint density at radius 1 is 1.36 bits per heavy atom. The van der Waals surface area contributed by atoms with Crippen molar-refractivity contribution < 1.29 is 15.0 Å². The predicted octanol–water partition coefficient (Wildman–Crippen LogP) is 1.87. The molecule has 0 bridgehead atoms. The van der Waals surface area contributed by atoms with Crippen LogP contribution in [0.15, 0.2) is 12.1 Å². The van der Waals surface area contributed by atoms with Gasteiger partial charge in [-0.3, -0.25) is 4.79 Å². The molecule has 0 fully saturated rings. The normalized spacial score (nSPS) is 13.7. The molecule has 1 aromatic rings. The third-order valence-electron chi connectivity index (χ3n) is 2.43. The number of aromatic hydroxyl groups is 2. The number of carbonyl (C=O) groups excluding carboxylic acids is 1. The summed E-state index contributed by atoms with van der Waals surface area (Å²) in [5, 5.41) is 19.1. The van der Waals surface area contributed by atoms with Crippen LogP contribution >= 0.6 is 0 Å². The average Bonchev–Trinajstić information content (AvgIpc) is 2.18. The molecule has 1 aromatic carbocycles. The van der Waals surface area contributed by atoms with Crippen LogP contribution in [0.2, 0.25) is 0 Å². The van der Waals surface area contributed by atoms with Gasteiger partial charge < -0.3 is 10.2 Å². The lowest BCUT2D eigenvalue weighted by atomic mass is 9.94. The minimum absolute atomic E-state index is 0.0321. The van der Waals surface area contributed by atoms with Gasteiger partial charge in [0.05, 0.1) is 5.56 Å². The summed E-state index contributed by atoms with van der Waals surface area (Å²) in [7, 11) is 0. The number of rotatable bonds is 1. The van der Waals surface area contributed by atoms with Crippen LogP contribution in [0.3, 0.4) is 0 Å². The van der Waals surface area contributed by atoms with Gasteiger partial charge in [0.2, 0.25) is 0 Å². The summed E-state index contributed by atoms with van der Waals surface area (Å²) in [5.41, 5.74) is 1.50. The molecule has 1 aliphatic rings. The van der Waals surface area contributed by atoms with Crippen molar-refractivity contribution in [3.05, 3.63) is 28.8 Å². The van der Waals surface area contributed by atoms with Gasteiger partial charge in [0.15, 0.2) is 6.29 Å². The lowest BCUT2D eigenvalue weighted by Crippen LogP contribution is -1.97. The van der Waals surface area contributed by atoms with Crippen molar-refractivity contribution in [1.82, 2.24) is 0 Å². The van der Waals surface area contributed by atoms with Crippen molar-refractivity contribution in [1.29, 1.82) is 0 Å². The minimum Gasteiger partial charge on any atom is -0.507 e. The summed E-state index contributed by atoms with van der Waals surface area (Å²) < 4.78 is 0. The topological polar surface area (TPSA) is 57.5 Å². The minimum atomic E-state index is -0.147. The zero-order valence-corrected chi connectivity index (χ0v) is 7.53. The molecule has 0 aliphatic heterocycles. The fourth-order valence-electron chi connectivity index (χ4n) is 1.69. The third-order valence-corrected chi connectivity index (χ3v) is 2.43. The number of phenolic OH excluding ortho intramolecular Hbond substituents is 2. The molecule has 0 unspecified atom stereocenters. The Balaban J connectivity index is 2.71. The smallest absolute Gasteiger partial charge is 0.157 e. The number of aryl methyl sites for hydroxylation is 1. The molecule has 0 spiro atoms. The largest absolute Gasteiger partial charge is 0.507 e. The van der Waals surface area contributed by atoms with Gasteiger partial charge in [0.1, 0.15) is 11.5 Å². The Morgan fingerprint density at radius 3 is 2.86 bits per heavy atom. The van der Waals surface area contributed by atoms with Crippen molar-refractivity contribution in [2.24, 2.45) is 0 Å². The monoisotopic (exact) mass is 190 g/mol. The van der Waals surface area contributed by atoms with E-state index in [1.165, 1.54) is 0 Å². The molecule has 0 atom stereocenters. The van der Waals surface area contributed by atoms with E-state index >= 15 is 0 Å². The maximum atomic E-state index is 10.6. The molecule has 0 heterocycles. The van der Waals surface area contributed by atoms with Crippen molar-refractivity contribution in [3.8, 4) is 11.5 Å². The molecule has 1 aliphatic carbocycles. The number of fused-ring (bicyclic) bond motifs is 1. The number of hydrogen-bond acceptors (Lipinski definition) is 3. The van der Waals surface area contributed by atoms with E-state index in [4.69, 9.17) is 0 Å². The SMILES string of the molecule is O=Cc1c(O)cc2c(c1O)C=CCC2. The number of hydrogen-bond donors (Lipinski definition) is 2. The van der Waals surface area contributed by atoms with Gasteiger partial charge in [-0.1, -0.05) is 12.2 Å². The zero-order valence-electron chi connectivity index (χ0n) is 7.53. The molecule has 0 aromatic heterocycles. The second kappa shape index (κ2) is 3.18. The standard InChI is InChI=1S/C11H10O3/c12-6-9-10(13)5-7-3-1-2-4-8(7)11(9)14/h2,4-6,13-14H,1,3H2. The second-order valence-electron chi connectivity index (χ2n) is 3.29. The maximum Gasteiger partial charge on any atom is 0.157 e. The second-order valence-corrected chi connectivity index (χ2v) is 3.29. The number of benzene rings is 1. The van der Waals surface area contributed by atoms with Crippen LogP contribution in [-0.2, 0) is 6.42 Å². The predicted molar refractivity (Wildman–Crippen MR) is 52.5 cm³/mol. The third kappa shape index (κ3) is 1.18. The Bertz CT molecular complexity index is 419. The molecular weight excluding hydrogens is 180 g/mol. The summed E-state index contributed by atoms with van der Waals surface area (Å²) in [6.45, 7) is 0. The first-order valence-corrected chi connectivity index (χ1v) is 4.43. The van der Waals surface area contributed by atoms with E-state index < -0.39 is 0 Å². The van der Waals surface area contributed by atoms with E-state index in [1.807, 2.05) is 6.08 Å². The van der Waals surface area contributed by atoms with Gasteiger partial charge >= 0.3 is 0 Å². The molecule has 2 N–H and O–H groups in total. The Labute approximate surface area is 81.3 Å². The highest BCUT2D eigenvalue weighted by atomic mass is 16.3. The molecule has 0 amide bonds. The number of allylic oxidation sites excluding steroid dienone is 1. The Morgan fingerprint density at radius 2 is 2.14 bits per heavy atom. The molecule has 0 saturated heterocycles. The summed E-state index contributed by atoms with van der Waals surface area (Å²) >= 11 is 0. The fourth-order valence-corrected chi connectivity index (χ4v) is 1.69. The quantitative estimate of drug-likeness (QED) is 0.664. The highest BCUT2D eigenvalue weighted by molar-refractivity contribution is 5.87. The lowest BCUT2D eigenvalue weighted by molar-refractivity contribution is 0.111. The molecular formula is C11H10O3. The van der Waals surface area contributed by atoms with Crippen molar-refractivity contribution in [2.45, 2.75) is 12.8 Å². The first kappa shape index (κ1) is 8.81. The number of carbonyl (C=O) groups is 1. The van der Waals surface area contributed by atoms with Crippen LogP contribution in [-0.4, -0.2) is 16.5 Å². The lowest BCUT2D eigenvalue weighted by Gasteiger charge is -2.14. The van der Waals surface area contributed by atoms with E-state index in [2.05, 4.69) is 0 Å². The molecule has 3 heteroatoms. The van der Waals surface area contributed by atoms with Gasteiger partial charge in [-0.25, -0.2) is 0 Å². The summed E-state index contributed by atoms with van der Waals surface area (Å²) in [5.74, 6) is -0.266. The zero-order chi connectivity index (χ0) is 10.1. The first-order chi connectivity index (χ1) is 6.74. The van der Waals surface area contributed by atoms with Gasteiger partial charge in [-0.05, 0) is 24.5 Å². The average molecular weight is 190 g/mol. The van der Waals surface area contributed by atoms with Gasteiger partial charge in [-0.2, -0.15) is 0 Å². The van der Waals surface area contributed by atoms with Gasteiger partial charge in [-0.15, -0.1) is 0 Å².